The zero-order valence-electron chi connectivity index (χ0n) is 22.3. The number of nitrogens with zero attached hydrogens (tertiary/aromatic N) is 3. The van der Waals surface area contributed by atoms with Crippen LogP contribution in [0.3, 0.4) is 0 Å². The van der Waals surface area contributed by atoms with Crippen molar-refractivity contribution in [1.82, 2.24) is 0 Å². The van der Waals surface area contributed by atoms with Crippen molar-refractivity contribution in [2.75, 3.05) is 5.01 Å². The van der Waals surface area contributed by atoms with E-state index in [1.807, 2.05) is 38.1 Å². The maximum absolute atomic E-state index is 13.5. The zero-order valence-corrected chi connectivity index (χ0v) is 22.3. The predicted octanol–water partition coefficient (Wildman–Crippen LogP) is 6.83. The molecule has 0 aliphatic carbocycles. The van der Waals surface area contributed by atoms with Crippen LogP contribution < -0.4 is 9.75 Å². The van der Waals surface area contributed by atoms with Gasteiger partial charge in [-0.1, -0.05) is 46.8 Å². The maximum atomic E-state index is 13.5. The molecule has 9 heteroatoms. The summed E-state index contributed by atoms with van der Waals surface area (Å²) < 4.78 is 6.11. The van der Waals surface area contributed by atoms with Crippen molar-refractivity contribution >= 4 is 35.0 Å². The van der Waals surface area contributed by atoms with Crippen LogP contribution in [0.5, 0.6) is 11.5 Å². The number of carboxylic acid groups (broad SMARTS) is 1. The fraction of sp³-hybridized carbons (Fsp3) is 0.233. The quantitative estimate of drug-likeness (QED) is 0.204. The lowest BCUT2D eigenvalue weighted by Crippen LogP contribution is -2.21. The molecule has 1 heterocycles. The van der Waals surface area contributed by atoms with Crippen molar-refractivity contribution in [2.45, 2.75) is 40.0 Å². The lowest BCUT2D eigenvalue weighted by atomic mass is 9.87. The third-order valence-electron chi connectivity index (χ3n) is 6.26. The summed E-state index contributed by atoms with van der Waals surface area (Å²) in [6.45, 7) is 10.1. The van der Waals surface area contributed by atoms with Crippen molar-refractivity contribution in [3.05, 3.63) is 99.1 Å². The van der Waals surface area contributed by atoms with Gasteiger partial charge in [0.1, 0.15) is 11.5 Å². The van der Waals surface area contributed by atoms with E-state index in [4.69, 9.17) is 4.74 Å². The van der Waals surface area contributed by atoms with E-state index < -0.39 is 16.8 Å². The lowest BCUT2D eigenvalue weighted by Gasteiger charge is -2.19. The summed E-state index contributed by atoms with van der Waals surface area (Å²) in [4.78, 5) is 35.8. The van der Waals surface area contributed by atoms with E-state index in [1.54, 1.807) is 6.08 Å². The van der Waals surface area contributed by atoms with Crippen LogP contribution in [0.2, 0.25) is 0 Å². The van der Waals surface area contributed by atoms with Gasteiger partial charge in [0, 0.05) is 17.7 Å². The van der Waals surface area contributed by atoms with Crippen molar-refractivity contribution in [3.8, 4) is 11.5 Å². The Labute approximate surface area is 226 Å². The number of hydrogen-bond acceptors (Lipinski definition) is 6. The van der Waals surface area contributed by atoms with Gasteiger partial charge in [-0.25, -0.2) is 4.79 Å². The number of nitro benzene ring substituents is 1. The number of carboxylic acids is 1. The number of benzene rings is 3. The molecule has 0 saturated heterocycles. The number of non-ortho nitro benzene ring substituents is 1. The Morgan fingerprint density at radius 2 is 1.69 bits per heavy atom. The first-order valence-corrected chi connectivity index (χ1v) is 12.4. The molecule has 3 aromatic carbocycles. The van der Waals surface area contributed by atoms with E-state index in [9.17, 15) is 24.8 Å². The molecule has 0 fully saturated rings. The Morgan fingerprint density at radius 1 is 1.05 bits per heavy atom. The summed E-state index contributed by atoms with van der Waals surface area (Å²) in [6, 6.07) is 17.6. The summed E-state index contributed by atoms with van der Waals surface area (Å²) in [5.74, 6) is -0.762. The molecule has 0 unspecified atom stereocenters. The average molecular weight is 528 g/mol. The van der Waals surface area contributed by atoms with Crippen LogP contribution >= 0.6 is 0 Å². The van der Waals surface area contributed by atoms with E-state index in [0.29, 0.717) is 28.5 Å². The van der Waals surface area contributed by atoms with Gasteiger partial charge in [-0.15, -0.1) is 0 Å². The van der Waals surface area contributed by atoms with Crippen LogP contribution in [-0.2, 0) is 10.2 Å². The smallest absolute Gasteiger partial charge is 0.335 e. The van der Waals surface area contributed by atoms with Crippen LogP contribution in [0.15, 0.2) is 77.4 Å². The number of anilines is 1. The molecular formula is C30H29N3O6. The molecule has 9 nitrogen and oxygen atoms in total. The van der Waals surface area contributed by atoms with Crippen LogP contribution in [0.4, 0.5) is 11.4 Å². The van der Waals surface area contributed by atoms with E-state index in [0.717, 1.165) is 5.56 Å². The second-order valence-electron chi connectivity index (χ2n) is 10.5. The largest absolute Gasteiger partial charge is 0.478 e. The third-order valence-corrected chi connectivity index (χ3v) is 6.26. The van der Waals surface area contributed by atoms with Gasteiger partial charge in [0.15, 0.2) is 0 Å². The summed E-state index contributed by atoms with van der Waals surface area (Å²) >= 11 is 0. The molecule has 0 spiro atoms. The molecule has 3 aromatic rings. The third kappa shape index (κ3) is 5.87. The molecule has 0 aromatic heterocycles. The SMILES string of the molecule is CC(C)C1=NN(c2ccc(C(=O)O)cc2)C(=O)/C1=C\c1cc([N+](=O)[O-])ccc1Oc1ccc(C(C)(C)C)cc1. The molecule has 39 heavy (non-hydrogen) atoms. The molecule has 0 bridgehead atoms. The molecule has 1 amide bonds. The second-order valence-corrected chi connectivity index (χ2v) is 10.5. The van der Waals surface area contributed by atoms with Crippen LogP contribution in [0.1, 0.15) is 56.1 Å². The summed E-state index contributed by atoms with van der Waals surface area (Å²) in [6.07, 6.45) is 1.55. The number of rotatable bonds is 7. The molecule has 0 atom stereocenters. The van der Waals surface area contributed by atoms with Crippen LogP contribution in [-0.4, -0.2) is 27.6 Å². The molecule has 4 rings (SSSR count). The fourth-order valence-corrected chi connectivity index (χ4v) is 4.07. The fourth-order valence-electron chi connectivity index (χ4n) is 4.07. The van der Waals surface area contributed by atoms with E-state index in [2.05, 4.69) is 25.9 Å². The number of hydrazone groups is 1. The number of nitro groups is 1. The number of carbonyl (C=O) groups is 2. The normalized spacial score (nSPS) is 14.6. The van der Waals surface area contributed by atoms with Crippen molar-refractivity contribution in [3.63, 3.8) is 0 Å². The molecule has 0 saturated carbocycles. The van der Waals surface area contributed by atoms with Gasteiger partial charge < -0.3 is 9.84 Å². The van der Waals surface area contributed by atoms with Crippen LogP contribution in [0, 0.1) is 16.0 Å². The number of aromatic carboxylic acids is 1. The second kappa shape index (κ2) is 10.5. The topological polar surface area (TPSA) is 122 Å². The standard InChI is InChI=1S/C30H29N3O6/c1-18(2)27-25(28(34)32(31-27)22-10-6-19(7-11-22)29(35)36)17-20-16-23(33(37)38)12-15-26(20)39-24-13-8-21(9-14-24)30(3,4)5/h6-18H,1-5H3,(H,35,36)/b25-17-. The first-order chi connectivity index (χ1) is 18.3. The number of hydrogen-bond donors (Lipinski definition) is 1. The maximum Gasteiger partial charge on any atom is 0.335 e. The summed E-state index contributed by atoms with van der Waals surface area (Å²) in [5, 5.41) is 26.4. The average Bonchev–Trinajstić information content (AvgIpc) is 3.21. The Hall–Kier alpha value is -4.79. The number of ether oxygens (including phenoxy) is 1. The Bertz CT molecular complexity index is 1500. The molecule has 1 aliphatic heterocycles. The van der Waals surface area contributed by atoms with E-state index in [-0.39, 0.29) is 28.2 Å². The summed E-state index contributed by atoms with van der Waals surface area (Å²) in [5.41, 5.74) is 2.55. The Morgan fingerprint density at radius 3 is 2.23 bits per heavy atom. The summed E-state index contributed by atoms with van der Waals surface area (Å²) in [7, 11) is 0. The van der Waals surface area contributed by atoms with Crippen molar-refractivity contribution in [1.29, 1.82) is 0 Å². The van der Waals surface area contributed by atoms with Gasteiger partial charge in [-0.3, -0.25) is 14.9 Å². The molecule has 1 aliphatic rings. The first kappa shape index (κ1) is 27.3. The van der Waals surface area contributed by atoms with Gasteiger partial charge in [0.05, 0.1) is 27.5 Å². The number of amides is 1. The zero-order chi connectivity index (χ0) is 28.5. The molecule has 0 radical (unpaired) electrons. The Kier molecular flexibility index (Phi) is 7.36. The highest BCUT2D eigenvalue weighted by Gasteiger charge is 2.33. The number of carbonyl (C=O) groups excluding carboxylic acids is 1. The van der Waals surface area contributed by atoms with Gasteiger partial charge in [-0.2, -0.15) is 10.1 Å². The Balaban J connectivity index is 1.74. The monoisotopic (exact) mass is 527 g/mol. The highest BCUT2D eigenvalue weighted by atomic mass is 16.6. The van der Waals surface area contributed by atoms with Crippen molar-refractivity contribution < 1.29 is 24.4 Å². The lowest BCUT2D eigenvalue weighted by molar-refractivity contribution is -0.384. The van der Waals surface area contributed by atoms with Gasteiger partial charge in [0.2, 0.25) is 0 Å². The van der Waals surface area contributed by atoms with E-state index >= 15 is 0 Å². The van der Waals surface area contributed by atoms with E-state index in [1.165, 1.54) is 47.5 Å². The predicted molar refractivity (Wildman–Crippen MR) is 149 cm³/mol. The van der Waals surface area contributed by atoms with Gasteiger partial charge >= 0.3 is 5.97 Å². The van der Waals surface area contributed by atoms with Crippen molar-refractivity contribution in [2.24, 2.45) is 11.0 Å². The first-order valence-electron chi connectivity index (χ1n) is 12.4. The highest BCUT2D eigenvalue weighted by molar-refractivity contribution is 6.33. The highest BCUT2D eigenvalue weighted by Crippen LogP contribution is 2.34. The van der Waals surface area contributed by atoms with Crippen LogP contribution in [0.25, 0.3) is 6.08 Å². The molecular weight excluding hydrogens is 498 g/mol. The minimum absolute atomic E-state index is 0.0310. The van der Waals surface area contributed by atoms with Gasteiger partial charge in [0.25, 0.3) is 11.6 Å². The minimum Gasteiger partial charge on any atom is -0.478 e. The molecule has 1 N–H and O–H groups in total. The van der Waals surface area contributed by atoms with Gasteiger partial charge in [-0.05, 0) is 65.4 Å². The minimum atomic E-state index is -1.08. The molecule has 200 valence electrons.